The molecular formula is C18H21BrN4O2. The van der Waals surface area contributed by atoms with Crippen LogP contribution in [0.4, 0.5) is 0 Å². The summed E-state index contributed by atoms with van der Waals surface area (Å²) in [4.78, 5) is 15.3. The molecule has 1 saturated carbocycles. The number of primary amides is 1. The van der Waals surface area contributed by atoms with Crippen LogP contribution in [0.2, 0.25) is 0 Å². The Hall–Kier alpha value is -2.28. The first-order valence-corrected chi connectivity index (χ1v) is 8.91. The topological polar surface area (TPSA) is 92.6 Å². The molecule has 3 rings (SSSR count). The Morgan fingerprint density at radius 1 is 1.32 bits per heavy atom. The number of hydrogen-bond acceptors (Lipinski definition) is 3. The number of guanidine groups is 1. The highest BCUT2D eigenvalue weighted by Gasteiger charge is 2.44. The summed E-state index contributed by atoms with van der Waals surface area (Å²) in [5, 5.41) is 6.57. The zero-order valence-electron chi connectivity index (χ0n) is 14.0. The first kappa shape index (κ1) is 17.5. The third-order valence-corrected chi connectivity index (χ3v) is 4.94. The molecule has 6 nitrogen and oxygen atoms in total. The normalized spacial score (nSPS) is 15.7. The van der Waals surface area contributed by atoms with Crippen molar-refractivity contribution in [3.8, 4) is 0 Å². The van der Waals surface area contributed by atoms with E-state index in [0.717, 1.165) is 23.9 Å². The van der Waals surface area contributed by atoms with Gasteiger partial charge in [-0.1, -0.05) is 28.1 Å². The van der Waals surface area contributed by atoms with Gasteiger partial charge in [-0.05, 0) is 42.7 Å². The molecule has 0 saturated heterocycles. The zero-order valence-corrected chi connectivity index (χ0v) is 15.6. The van der Waals surface area contributed by atoms with Crippen LogP contribution in [-0.4, -0.2) is 25.5 Å². The molecule has 0 spiro atoms. The van der Waals surface area contributed by atoms with Crippen LogP contribution in [0.1, 0.15) is 34.7 Å². The van der Waals surface area contributed by atoms with Crippen molar-refractivity contribution in [3.63, 3.8) is 0 Å². The van der Waals surface area contributed by atoms with Gasteiger partial charge in [0, 0.05) is 23.5 Å². The van der Waals surface area contributed by atoms with Crippen molar-refractivity contribution in [2.75, 3.05) is 13.6 Å². The number of nitrogens with zero attached hydrogens (tertiary/aromatic N) is 1. The Morgan fingerprint density at radius 2 is 2.12 bits per heavy atom. The SMILES string of the molecule is CN=C(NCc1ccc(C(N)=O)o1)NCC1(c2cccc(Br)c2)CC1. The lowest BCUT2D eigenvalue weighted by Gasteiger charge is -2.19. The van der Waals surface area contributed by atoms with Crippen molar-refractivity contribution in [2.24, 2.45) is 10.7 Å². The first-order valence-electron chi connectivity index (χ1n) is 8.11. The number of aliphatic imine (C=N–C) groups is 1. The molecule has 25 heavy (non-hydrogen) atoms. The monoisotopic (exact) mass is 404 g/mol. The summed E-state index contributed by atoms with van der Waals surface area (Å²) in [6.45, 7) is 1.24. The average molecular weight is 405 g/mol. The second kappa shape index (κ2) is 7.31. The lowest BCUT2D eigenvalue weighted by atomic mass is 9.96. The van der Waals surface area contributed by atoms with E-state index >= 15 is 0 Å². The predicted molar refractivity (Wildman–Crippen MR) is 100 cm³/mol. The summed E-state index contributed by atoms with van der Waals surface area (Å²) in [6.07, 6.45) is 2.32. The van der Waals surface area contributed by atoms with E-state index in [0.29, 0.717) is 18.3 Å². The number of carbonyl (C=O) groups is 1. The first-order chi connectivity index (χ1) is 12.0. The van der Waals surface area contributed by atoms with Gasteiger partial charge in [-0.15, -0.1) is 0 Å². The summed E-state index contributed by atoms with van der Waals surface area (Å²) >= 11 is 3.54. The van der Waals surface area contributed by atoms with Gasteiger partial charge in [-0.3, -0.25) is 9.79 Å². The quantitative estimate of drug-likeness (QED) is 0.509. The lowest BCUT2D eigenvalue weighted by Crippen LogP contribution is -2.40. The highest BCUT2D eigenvalue weighted by molar-refractivity contribution is 9.10. The van der Waals surface area contributed by atoms with E-state index < -0.39 is 5.91 Å². The molecule has 1 aromatic carbocycles. The van der Waals surface area contributed by atoms with E-state index in [1.165, 1.54) is 5.56 Å². The van der Waals surface area contributed by atoms with Crippen LogP contribution in [-0.2, 0) is 12.0 Å². The fourth-order valence-corrected chi connectivity index (χ4v) is 3.19. The molecule has 0 unspecified atom stereocenters. The molecule has 1 aromatic heterocycles. The van der Waals surface area contributed by atoms with Crippen molar-refractivity contribution in [3.05, 3.63) is 58.0 Å². The molecule has 0 radical (unpaired) electrons. The van der Waals surface area contributed by atoms with Crippen LogP contribution in [0.5, 0.6) is 0 Å². The van der Waals surface area contributed by atoms with Crippen molar-refractivity contribution in [1.82, 2.24) is 10.6 Å². The van der Waals surface area contributed by atoms with E-state index in [1.54, 1.807) is 19.2 Å². The maximum absolute atomic E-state index is 11.1. The second-order valence-electron chi connectivity index (χ2n) is 6.20. The Labute approximate surface area is 155 Å². The highest BCUT2D eigenvalue weighted by atomic mass is 79.9. The molecule has 4 N–H and O–H groups in total. The third kappa shape index (κ3) is 4.22. The molecule has 1 heterocycles. The van der Waals surface area contributed by atoms with Crippen LogP contribution in [0, 0.1) is 0 Å². The number of rotatable bonds is 6. The number of carbonyl (C=O) groups excluding carboxylic acids is 1. The van der Waals surface area contributed by atoms with Crippen molar-refractivity contribution >= 4 is 27.8 Å². The van der Waals surface area contributed by atoms with E-state index in [1.807, 2.05) is 6.07 Å². The molecule has 1 aliphatic rings. The van der Waals surface area contributed by atoms with E-state index in [9.17, 15) is 4.79 Å². The minimum absolute atomic E-state index is 0.159. The molecule has 1 aliphatic carbocycles. The highest BCUT2D eigenvalue weighted by Crippen LogP contribution is 2.48. The Balaban J connectivity index is 1.55. The van der Waals surface area contributed by atoms with Crippen LogP contribution < -0.4 is 16.4 Å². The number of benzene rings is 1. The van der Waals surface area contributed by atoms with Crippen LogP contribution in [0.3, 0.4) is 0 Å². The van der Waals surface area contributed by atoms with E-state index in [2.05, 4.69) is 49.8 Å². The van der Waals surface area contributed by atoms with Gasteiger partial charge in [0.25, 0.3) is 5.91 Å². The van der Waals surface area contributed by atoms with Gasteiger partial charge in [0.15, 0.2) is 11.7 Å². The smallest absolute Gasteiger partial charge is 0.284 e. The number of furan rings is 1. The van der Waals surface area contributed by atoms with Gasteiger partial charge in [0.05, 0.1) is 6.54 Å². The lowest BCUT2D eigenvalue weighted by molar-refractivity contribution is 0.0972. The minimum Gasteiger partial charge on any atom is -0.454 e. The number of halogens is 1. The van der Waals surface area contributed by atoms with Gasteiger partial charge in [0.1, 0.15) is 5.76 Å². The van der Waals surface area contributed by atoms with Crippen molar-refractivity contribution in [1.29, 1.82) is 0 Å². The summed E-state index contributed by atoms with van der Waals surface area (Å²) in [6, 6.07) is 11.8. The summed E-state index contributed by atoms with van der Waals surface area (Å²) < 4.78 is 6.45. The summed E-state index contributed by atoms with van der Waals surface area (Å²) in [5.41, 5.74) is 6.69. The number of nitrogens with two attached hydrogens (primary N) is 1. The Morgan fingerprint density at radius 3 is 2.72 bits per heavy atom. The molecule has 132 valence electrons. The van der Waals surface area contributed by atoms with Crippen molar-refractivity contribution < 1.29 is 9.21 Å². The molecular weight excluding hydrogens is 384 g/mol. The molecule has 0 aliphatic heterocycles. The third-order valence-electron chi connectivity index (χ3n) is 4.44. The van der Waals surface area contributed by atoms with Gasteiger partial charge < -0.3 is 20.8 Å². The maximum atomic E-state index is 11.1. The molecule has 1 fully saturated rings. The number of amides is 1. The van der Waals surface area contributed by atoms with E-state index in [-0.39, 0.29) is 11.2 Å². The van der Waals surface area contributed by atoms with Crippen LogP contribution in [0.15, 0.2) is 50.3 Å². The molecule has 0 atom stereocenters. The van der Waals surface area contributed by atoms with Gasteiger partial charge in [0.2, 0.25) is 0 Å². The van der Waals surface area contributed by atoms with Gasteiger partial charge in [-0.2, -0.15) is 0 Å². The van der Waals surface area contributed by atoms with Gasteiger partial charge >= 0.3 is 0 Å². The molecule has 0 bridgehead atoms. The number of nitrogens with one attached hydrogen (secondary N) is 2. The Kier molecular flexibility index (Phi) is 5.13. The van der Waals surface area contributed by atoms with E-state index in [4.69, 9.17) is 10.2 Å². The fraction of sp³-hybridized carbons (Fsp3) is 0.333. The largest absolute Gasteiger partial charge is 0.454 e. The molecule has 7 heteroatoms. The Bertz CT molecular complexity index is 796. The fourth-order valence-electron chi connectivity index (χ4n) is 2.79. The van der Waals surface area contributed by atoms with Crippen LogP contribution >= 0.6 is 15.9 Å². The predicted octanol–water partition coefficient (Wildman–Crippen LogP) is 2.54. The van der Waals surface area contributed by atoms with Crippen molar-refractivity contribution in [2.45, 2.75) is 24.8 Å². The standard InChI is InChI=1S/C18H21BrN4O2/c1-21-17(22-10-14-5-6-15(25-14)16(20)24)23-11-18(7-8-18)12-3-2-4-13(19)9-12/h2-6,9H,7-8,10-11H2,1H3,(H2,20,24)(H2,21,22,23). The summed E-state index contributed by atoms with van der Waals surface area (Å²) in [7, 11) is 1.73. The van der Waals surface area contributed by atoms with Crippen LogP contribution in [0.25, 0.3) is 0 Å². The summed E-state index contributed by atoms with van der Waals surface area (Å²) in [5.74, 6) is 0.910. The number of hydrogen-bond donors (Lipinski definition) is 3. The minimum atomic E-state index is -0.571. The molecule has 1 amide bonds. The maximum Gasteiger partial charge on any atom is 0.284 e. The average Bonchev–Trinajstić information content (AvgIpc) is 3.24. The van der Waals surface area contributed by atoms with Gasteiger partial charge in [-0.25, -0.2) is 0 Å². The second-order valence-corrected chi connectivity index (χ2v) is 7.12. The molecule has 2 aromatic rings. The zero-order chi connectivity index (χ0) is 17.9.